The molecule has 0 radical (unpaired) electrons. The van der Waals surface area contributed by atoms with Crippen LogP contribution in [0.5, 0.6) is 5.75 Å². The Labute approximate surface area is 215 Å². The highest BCUT2D eigenvalue weighted by Gasteiger charge is 2.46. The third kappa shape index (κ3) is 4.68. The fourth-order valence-electron chi connectivity index (χ4n) is 4.92. The van der Waals surface area contributed by atoms with E-state index in [1.54, 1.807) is 56.2 Å². The van der Waals surface area contributed by atoms with Gasteiger partial charge in [0.25, 0.3) is 11.7 Å². The van der Waals surface area contributed by atoms with Gasteiger partial charge in [0.1, 0.15) is 23.5 Å². The average Bonchev–Trinajstić information content (AvgIpc) is 3.25. The number of likely N-dealkylation sites (tertiary alicyclic amines) is 1. The topological polar surface area (TPSA) is 122 Å². The molecule has 2 atom stereocenters. The first-order valence-electron chi connectivity index (χ1n) is 12.3. The molecule has 4 heterocycles. The maximum absolute atomic E-state index is 12.8. The number of anilines is 1. The lowest BCUT2D eigenvalue weighted by atomic mass is 9.93. The van der Waals surface area contributed by atoms with Crippen molar-refractivity contribution in [3.8, 4) is 5.75 Å². The Hall–Kier alpha value is -4.15. The first-order valence-corrected chi connectivity index (χ1v) is 12.3. The van der Waals surface area contributed by atoms with Gasteiger partial charge in [0, 0.05) is 43.3 Å². The van der Waals surface area contributed by atoms with Crippen LogP contribution in [-0.4, -0.2) is 58.5 Å². The lowest BCUT2D eigenvalue weighted by Crippen LogP contribution is -2.53. The summed E-state index contributed by atoms with van der Waals surface area (Å²) in [5.74, 6) is 8.48. The van der Waals surface area contributed by atoms with E-state index in [1.165, 1.54) is 0 Å². The molecule has 1 aromatic carbocycles. The maximum Gasteiger partial charge on any atom is 0.264 e. The number of piperidine rings is 1. The van der Waals surface area contributed by atoms with Gasteiger partial charge in [-0.1, -0.05) is 6.92 Å². The van der Waals surface area contributed by atoms with Crippen LogP contribution in [0.3, 0.4) is 0 Å². The molecule has 0 bridgehead atoms. The molecule has 37 heavy (non-hydrogen) atoms. The van der Waals surface area contributed by atoms with Gasteiger partial charge in [-0.15, -0.1) is 4.59 Å². The number of hydrogen-bond donors (Lipinski definition) is 2. The highest BCUT2D eigenvalue weighted by Crippen LogP contribution is 2.37. The first kappa shape index (κ1) is 24.5. The second kappa shape index (κ2) is 10.1. The summed E-state index contributed by atoms with van der Waals surface area (Å²) in [5.41, 5.74) is 2.94. The average molecular weight is 501 g/mol. The van der Waals surface area contributed by atoms with Gasteiger partial charge in [0.2, 0.25) is 11.6 Å². The van der Waals surface area contributed by atoms with Gasteiger partial charge < -0.3 is 15.0 Å². The second-order valence-corrected chi connectivity index (χ2v) is 9.20. The SMILES string of the molecule is CCC(=O)N1CCC[C@@H](C2=C3C=NC=C[N+]3(N)C(c3ccc(C(=O)Nc4cc(OC)ccn4)cc3)=N2)C1. The van der Waals surface area contributed by atoms with Crippen molar-refractivity contribution in [1.29, 1.82) is 0 Å². The molecule has 5 rings (SSSR count). The third-order valence-corrected chi connectivity index (χ3v) is 6.90. The van der Waals surface area contributed by atoms with Gasteiger partial charge >= 0.3 is 0 Å². The second-order valence-electron chi connectivity index (χ2n) is 9.20. The van der Waals surface area contributed by atoms with Crippen LogP contribution in [0.1, 0.15) is 42.1 Å². The molecule has 1 saturated heterocycles. The van der Waals surface area contributed by atoms with Gasteiger partial charge in [-0.3, -0.25) is 14.6 Å². The first-order chi connectivity index (χ1) is 17.9. The molecular formula is C27H30N7O3+. The fraction of sp³-hybridized carbons (Fsp3) is 0.296. The zero-order chi connectivity index (χ0) is 26.0. The quantitative estimate of drug-likeness (QED) is 0.466. The molecule has 1 aromatic heterocycles. The molecular weight excluding hydrogens is 470 g/mol. The number of nitrogens with one attached hydrogen (secondary N) is 1. The molecule has 3 N–H and O–H groups in total. The number of ether oxygens (including phenoxy) is 1. The Morgan fingerprint density at radius 1 is 1.24 bits per heavy atom. The molecule has 0 saturated carbocycles. The number of aromatic nitrogens is 1. The van der Waals surface area contributed by atoms with Gasteiger partial charge in [0.05, 0.1) is 25.1 Å². The summed E-state index contributed by atoms with van der Waals surface area (Å²) in [7, 11) is 1.56. The zero-order valence-electron chi connectivity index (χ0n) is 20.9. The molecule has 0 spiro atoms. The van der Waals surface area contributed by atoms with E-state index in [9.17, 15) is 9.59 Å². The number of benzene rings is 1. The van der Waals surface area contributed by atoms with Gasteiger partial charge in [-0.05, 0) is 43.2 Å². The molecule has 3 aliphatic rings. The summed E-state index contributed by atoms with van der Waals surface area (Å²) in [6.07, 6.45) is 9.13. The van der Waals surface area contributed by atoms with Gasteiger partial charge in [0.15, 0.2) is 0 Å². The van der Waals surface area contributed by atoms with Crippen LogP contribution in [0.4, 0.5) is 5.82 Å². The summed E-state index contributed by atoms with van der Waals surface area (Å²) in [6, 6.07) is 10.5. The van der Waals surface area contributed by atoms with E-state index in [0.717, 1.165) is 36.3 Å². The summed E-state index contributed by atoms with van der Waals surface area (Å²) >= 11 is 0. The van der Waals surface area contributed by atoms with Gasteiger partial charge in [-0.25, -0.2) is 4.98 Å². The van der Waals surface area contributed by atoms with Crippen molar-refractivity contribution in [2.45, 2.75) is 26.2 Å². The van der Waals surface area contributed by atoms with Crippen molar-refractivity contribution in [1.82, 2.24) is 9.88 Å². The van der Waals surface area contributed by atoms with Crippen molar-refractivity contribution in [2.75, 3.05) is 25.5 Å². The highest BCUT2D eigenvalue weighted by molar-refractivity contribution is 6.05. The zero-order valence-corrected chi connectivity index (χ0v) is 20.9. The summed E-state index contributed by atoms with van der Waals surface area (Å²) < 4.78 is 5.09. The Balaban J connectivity index is 1.39. The van der Waals surface area contributed by atoms with Crippen molar-refractivity contribution >= 4 is 29.7 Å². The number of methoxy groups -OCH3 is 1. The molecule has 2 amide bonds. The van der Waals surface area contributed by atoms with E-state index in [1.807, 2.05) is 24.0 Å². The van der Waals surface area contributed by atoms with Crippen LogP contribution < -0.4 is 15.9 Å². The minimum atomic E-state index is -0.287. The molecule has 1 unspecified atom stereocenters. The number of fused-ring (bicyclic) bond motifs is 1. The normalized spacial score (nSPS) is 22.5. The largest absolute Gasteiger partial charge is 0.497 e. The van der Waals surface area contributed by atoms with Crippen LogP contribution in [0.15, 0.2) is 76.4 Å². The number of carbonyl (C=O) groups excluding carboxylic acids is 2. The smallest absolute Gasteiger partial charge is 0.264 e. The third-order valence-electron chi connectivity index (χ3n) is 6.90. The number of amides is 2. The van der Waals surface area contributed by atoms with E-state index in [4.69, 9.17) is 15.6 Å². The standard InChI is InChI=1S/C27H29N7O3/c1-3-24(35)33-13-4-5-20(17-33)25-22-16-29-12-14-34(22,28)26(32-25)18-6-8-19(9-7-18)27(36)31-23-15-21(37-2)10-11-30-23/h6-12,14-16,20H,3-5,13,17,28H2,1-2H3/p+1/t20-,34?/m1/s1. The summed E-state index contributed by atoms with van der Waals surface area (Å²) in [5, 5.41) is 2.78. The summed E-state index contributed by atoms with van der Waals surface area (Å²) in [4.78, 5) is 40.6. The highest BCUT2D eigenvalue weighted by atomic mass is 16.5. The van der Waals surface area contributed by atoms with Crippen LogP contribution in [0, 0.1) is 5.92 Å². The number of allylic oxidation sites excluding steroid dienone is 1. The minimum absolute atomic E-state index is 0.0798. The number of carbonyl (C=O) groups is 2. The van der Waals surface area contributed by atoms with Crippen molar-refractivity contribution < 1.29 is 18.9 Å². The molecule has 190 valence electrons. The Kier molecular flexibility index (Phi) is 6.68. The van der Waals surface area contributed by atoms with Gasteiger partial charge in [-0.2, -0.15) is 10.8 Å². The Morgan fingerprint density at radius 3 is 2.81 bits per heavy atom. The number of nitrogens with two attached hydrogens (primary N) is 1. The number of hydrogen-bond acceptors (Lipinski definition) is 7. The van der Waals surface area contributed by atoms with E-state index < -0.39 is 0 Å². The maximum atomic E-state index is 12.8. The van der Waals surface area contributed by atoms with Crippen LogP contribution in [0.2, 0.25) is 0 Å². The van der Waals surface area contributed by atoms with Crippen molar-refractivity contribution in [2.24, 2.45) is 21.7 Å². The molecule has 3 aliphatic heterocycles. The number of pyridine rings is 1. The van der Waals surface area contributed by atoms with E-state index in [-0.39, 0.29) is 22.3 Å². The fourth-order valence-corrected chi connectivity index (χ4v) is 4.92. The number of aliphatic imine (C=N–C) groups is 2. The number of quaternary nitrogens is 1. The Morgan fingerprint density at radius 2 is 2.05 bits per heavy atom. The molecule has 10 heteroatoms. The Bertz CT molecular complexity index is 1350. The minimum Gasteiger partial charge on any atom is -0.497 e. The van der Waals surface area contributed by atoms with Crippen molar-refractivity contribution in [3.63, 3.8) is 0 Å². The van der Waals surface area contributed by atoms with Crippen LogP contribution in [-0.2, 0) is 4.79 Å². The van der Waals surface area contributed by atoms with E-state index >= 15 is 0 Å². The van der Waals surface area contributed by atoms with Crippen molar-refractivity contribution in [3.05, 3.63) is 77.5 Å². The van der Waals surface area contributed by atoms with Crippen LogP contribution >= 0.6 is 0 Å². The van der Waals surface area contributed by atoms with E-state index in [2.05, 4.69) is 15.3 Å². The number of rotatable bonds is 6. The summed E-state index contributed by atoms with van der Waals surface area (Å²) in [6.45, 7) is 3.28. The predicted octanol–water partition coefficient (Wildman–Crippen LogP) is 3.21. The monoisotopic (exact) mass is 500 g/mol. The molecule has 2 aromatic rings. The molecule has 10 nitrogen and oxygen atoms in total. The van der Waals surface area contributed by atoms with E-state index in [0.29, 0.717) is 35.9 Å². The molecule has 1 fully saturated rings. The lowest BCUT2D eigenvalue weighted by Gasteiger charge is -2.32. The predicted molar refractivity (Wildman–Crippen MR) is 140 cm³/mol. The molecule has 0 aliphatic carbocycles. The van der Waals surface area contributed by atoms with Crippen LogP contribution in [0.25, 0.3) is 0 Å². The lowest BCUT2D eigenvalue weighted by molar-refractivity contribution is -0.750. The number of amidine groups is 1. The number of nitrogens with zero attached hydrogens (tertiary/aromatic N) is 5.